The fourth-order valence-corrected chi connectivity index (χ4v) is 4.95. The van der Waals surface area contributed by atoms with Crippen LogP contribution in [0.4, 0.5) is 0 Å². The zero-order valence-electron chi connectivity index (χ0n) is 16.6. The van der Waals surface area contributed by atoms with Crippen LogP contribution in [0.5, 0.6) is 0 Å². The number of hydrogen-bond acceptors (Lipinski definition) is 3. The molecule has 28 heavy (non-hydrogen) atoms. The number of H-pyrrole nitrogens is 1. The minimum atomic E-state index is -0.308. The molecule has 0 bridgehead atoms. The molecule has 1 aliphatic heterocycles. The summed E-state index contributed by atoms with van der Waals surface area (Å²) in [7, 11) is 0. The predicted molar refractivity (Wildman–Crippen MR) is 106 cm³/mol. The molecule has 1 aromatic heterocycles. The van der Waals surface area contributed by atoms with E-state index in [2.05, 4.69) is 27.6 Å². The maximum absolute atomic E-state index is 13.1. The number of nitrogens with zero attached hydrogens (tertiary/aromatic N) is 2. The number of aromatic amines is 1. The van der Waals surface area contributed by atoms with Gasteiger partial charge in [0.2, 0.25) is 11.8 Å². The van der Waals surface area contributed by atoms with E-state index in [1.54, 1.807) is 4.90 Å². The van der Waals surface area contributed by atoms with Gasteiger partial charge < -0.3 is 10.2 Å². The quantitative estimate of drug-likeness (QED) is 0.782. The standard InChI is InChI=1S/C22H28N4O2/c1-15-18(16(2)25-24-15)13-23-19(27)14-26-20(17-9-5-3-6-10-17)22(21(26)28)11-7-4-8-12-22/h3,5-6,9-10,20H,4,7-8,11-14H2,1-2H3,(H,23,27)(H,24,25). The van der Waals surface area contributed by atoms with E-state index >= 15 is 0 Å². The molecule has 2 aliphatic rings. The van der Waals surface area contributed by atoms with Gasteiger partial charge in [0.05, 0.1) is 17.2 Å². The molecular formula is C22H28N4O2. The second-order valence-electron chi connectivity index (χ2n) is 8.15. The first-order chi connectivity index (χ1) is 13.5. The SMILES string of the molecule is Cc1n[nH]c(C)c1CNC(=O)CN1C(=O)C2(CCCCC2)C1c1ccccc1. The van der Waals surface area contributed by atoms with Gasteiger partial charge in [0, 0.05) is 17.8 Å². The van der Waals surface area contributed by atoms with Crippen molar-refractivity contribution in [3.63, 3.8) is 0 Å². The van der Waals surface area contributed by atoms with E-state index < -0.39 is 0 Å². The lowest BCUT2D eigenvalue weighted by atomic mass is 9.60. The molecule has 6 heteroatoms. The summed E-state index contributed by atoms with van der Waals surface area (Å²) in [6.45, 7) is 4.40. The van der Waals surface area contributed by atoms with Gasteiger partial charge in [-0.2, -0.15) is 5.10 Å². The molecule has 1 aliphatic carbocycles. The van der Waals surface area contributed by atoms with Gasteiger partial charge in [-0.25, -0.2) is 0 Å². The summed E-state index contributed by atoms with van der Waals surface area (Å²) in [6, 6.07) is 10.2. The Balaban J connectivity index is 1.48. The second kappa shape index (κ2) is 7.41. The van der Waals surface area contributed by atoms with Gasteiger partial charge >= 0.3 is 0 Å². The molecule has 1 atom stereocenters. The Morgan fingerprint density at radius 2 is 1.93 bits per heavy atom. The Hall–Kier alpha value is -2.63. The third-order valence-electron chi connectivity index (χ3n) is 6.44. The van der Waals surface area contributed by atoms with Crippen LogP contribution >= 0.6 is 0 Å². The molecule has 1 saturated heterocycles. The summed E-state index contributed by atoms with van der Waals surface area (Å²) < 4.78 is 0. The van der Waals surface area contributed by atoms with E-state index in [0.717, 1.165) is 48.2 Å². The molecule has 148 valence electrons. The molecule has 6 nitrogen and oxygen atoms in total. The van der Waals surface area contributed by atoms with E-state index in [1.807, 2.05) is 32.0 Å². The van der Waals surface area contributed by atoms with E-state index in [9.17, 15) is 9.59 Å². The van der Waals surface area contributed by atoms with Crippen molar-refractivity contribution in [3.8, 4) is 0 Å². The third kappa shape index (κ3) is 3.11. The van der Waals surface area contributed by atoms with Crippen LogP contribution in [0.1, 0.15) is 60.7 Å². The largest absolute Gasteiger partial charge is 0.350 e. The number of amides is 2. The zero-order valence-corrected chi connectivity index (χ0v) is 16.6. The average Bonchev–Trinajstić information content (AvgIpc) is 3.04. The Morgan fingerprint density at radius 3 is 2.57 bits per heavy atom. The number of carbonyl (C=O) groups is 2. The molecule has 2 aromatic rings. The third-order valence-corrected chi connectivity index (χ3v) is 6.44. The Bertz CT molecular complexity index is 848. The molecule has 1 saturated carbocycles. The van der Waals surface area contributed by atoms with Crippen molar-refractivity contribution in [3.05, 3.63) is 52.8 Å². The molecule has 1 spiro atoms. The van der Waals surface area contributed by atoms with Crippen LogP contribution in [0, 0.1) is 19.3 Å². The van der Waals surface area contributed by atoms with E-state index in [-0.39, 0.29) is 29.8 Å². The number of aromatic nitrogens is 2. The summed E-state index contributed by atoms with van der Waals surface area (Å²) in [5.41, 5.74) is 3.68. The van der Waals surface area contributed by atoms with Gasteiger partial charge in [0.15, 0.2) is 0 Å². The van der Waals surface area contributed by atoms with Crippen molar-refractivity contribution < 1.29 is 9.59 Å². The fourth-order valence-electron chi connectivity index (χ4n) is 4.95. The van der Waals surface area contributed by atoms with Crippen molar-refractivity contribution in [1.82, 2.24) is 20.4 Å². The highest BCUT2D eigenvalue weighted by Gasteiger charge is 2.60. The van der Waals surface area contributed by atoms with Crippen molar-refractivity contribution in [2.75, 3.05) is 6.54 Å². The smallest absolute Gasteiger partial charge is 0.239 e. The van der Waals surface area contributed by atoms with Crippen molar-refractivity contribution >= 4 is 11.8 Å². The molecular weight excluding hydrogens is 352 g/mol. The van der Waals surface area contributed by atoms with Crippen LogP contribution in [-0.2, 0) is 16.1 Å². The zero-order chi connectivity index (χ0) is 19.7. The summed E-state index contributed by atoms with van der Waals surface area (Å²) >= 11 is 0. The first-order valence-corrected chi connectivity index (χ1v) is 10.2. The predicted octanol–water partition coefficient (Wildman–Crippen LogP) is 3.18. The first kappa shape index (κ1) is 18.7. The lowest BCUT2D eigenvalue weighted by Crippen LogP contribution is -2.65. The number of likely N-dealkylation sites (tertiary alicyclic amines) is 1. The molecule has 4 rings (SSSR count). The maximum atomic E-state index is 13.1. The van der Waals surface area contributed by atoms with Crippen LogP contribution in [0.25, 0.3) is 0 Å². The lowest BCUT2D eigenvalue weighted by Gasteiger charge is -2.58. The Morgan fingerprint density at radius 1 is 1.21 bits per heavy atom. The number of nitrogens with one attached hydrogen (secondary N) is 2. The minimum absolute atomic E-state index is 0.00430. The van der Waals surface area contributed by atoms with E-state index in [0.29, 0.717) is 6.54 Å². The Labute approximate surface area is 165 Å². The number of carbonyl (C=O) groups excluding carboxylic acids is 2. The monoisotopic (exact) mass is 380 g/mol. The highest BCUT2D eigenvalue weighted by atomic mass is 16.2. The van der Waals surface area contributed by atoms with Crippen molar-refractivity contribution in [2.24, 2.45) is 5.41 Å². The Kier molecular flexibility index (Phi) is 4.96. The summed E-state index contributed by atoms with van der Waals surface area (Å²) in [5, 5.41) is 10.1. The highest BCUT2D eigenvalue weighted by Crippen LogP contribution is 2.57. The fraction of sp³-hybridized carbons (Fsp3) is 0.500. The highest BCUT2D eigenvalue weighted by molar-refractivity contribution is 5.94. The van der Waals surface area contributed by atoms with Gasteiger partial charge in [-0.3, -0.25) is 14.7 Å². The number of rotatable bonds is 5. The van der Waals surface area contributed by atoms with Crippen LogP contribution in [0.3, 0.4) is 0 Å². The van der Waals surface area contributed by atoms with Gasteiger partial charge in [-0.1, -0.05) is 49.6 Å². The molecule has 1 unspecified atom stereocenters. The van der Waals surface area contributed by atoms with E-state index in [1.165, 1.54) is 6.42 Å². The molecule has 0 radical (unpaired) electrons. The second-order valence-corrected chi connectivity index (χ2v) is 8.15. The number of hydrogen-bond donors (Lipinski definition) is 2. The van der Waals surface area contributed by atoms with Crippen LogP contribution in [0.2, 0.25) is 0 Å². The number of β-lactam (4-membered cyclic amide) rings is 1. The molecule has 2 fully saturated rings. The topological polar surface area (TPSA) is 78.1 Å². The van der Waals surface area contributed by atoms with Crippen LogP contribution in [0.15, 0.2) is 30.3 Å². The van der Waals surface area contributed by atoms with E-state index in [4.69, 9.17) is 0 Å². The average molecular weight is 380 g/mol. The lowest BCUT2D eigenvalue weighted by molar-refractivity contribution is -0.180. The van der Waals surface area contributed by atoms with Crippen molar-refractivity contribution in [2.45, 2.75) is 58.5 Å². The molecule has 1 aromatic carbocycles. The van der Waals surface area contributed by atoms with Crippen LogP contribution in [-0.4, -0.2) is 33.5 Å². The normalized spacial score (nSPS) is 20.9. The first-order valence-electron chi connectivity index (χ1n) is 10.2. The summed E-state index contributed by atoms with van der Waals surface area (Å²) in [6.07, 6.45) is 5.23. The maximum Gasteiger partial charge on any atom is 0.239 e. The van der Waals surface area contributed by atoms with Gasteiger partial charge in [-0.15, -0.1) is 0 Å². The molecule has 2 amide bonds. The molecule has 2 heterocycles. The number of aryl methyl sites for hydroxylation is 2. The van der Waals surface area contributed by atoms with Gasteiger partial charge in [0.1, 0.15) is 6.54 Å². The minimum Gasteiger partial charge on any atom is -0.350 e. The summed E-state index contributed by atoms with van der Waals surface area (Å²) in [4.78, 5) is 27.5. The van der Waals surface area contributed by atoms with Gasteiger partial charge in [0.25, 0.3) is 0 Å². The summed E-state index contributed by atoms with van der Waals surface area (Å²) in [5.74, 6) is 0.0202. The van der Waals surface area contributed by atoms with Crippen LogP contribution < -0.4 is 5.32 Å². The number of benzene rings is 1. The van der Waals surface area contributed by atoms with Crippen molar-refractivity contribution in [1.29, 1.82) is 0 Å². The van der Waals surface area contributed by atoms with Gasteiger partial charge in [-0.05, 0) is 32.3 Å². The molecule has 2 N–H and O–H groups in total.